The normalized spacial score (nSPS) is 18.0. The minimum Gasteiger partial charge on any atom is -0.392 e. The fourth-order valence-electron chi connectivity index (χ4n) is 2.40. The summed E-state index contributed by atoms with van der Waals surface area (Å²) in [5.74, 6) is 0.633. The highest BCUT2D eigenvalue weighted by molar-refractivity contribution is 5.34. The second kappa shape index (κ2) is 4.77. The summed E-state index contributed by atoms with van der Waals surface area (Å²) in [7, 11) is 0. The Bertz CT molecular complexity index is 329. The van der Waals surface area contributed by atoms with Gasteiger partial charge in [0.2, 0.25) is 0 Å². The molecule has 2 heteroatoms. The third-order valence-electron chi connectivity index (χ3n) is 3.25. The molecule has 0 atom stereocenters. The van der Waals surface area contributed by atoms with Crippen LogP contribution in [0, 0.1) is 6.92 Å². The summed E-state index contributed by atoms with van der Waals surface area (Å²) in [5.41, 5.74) is 3.70. The first-order valence-electron chi connectivity index (χ1n) is 5.72. The highest BCUT2D eigenvalue weighted by Gasteiger charge is 2.17. The zero-order valence-electron chi connectivity index (χ0n) is 9.29. The van der Waals surface area contributed by atoms with Crippen molar-refractivity contribution in [3.63, 3.8) is 0 Å². The Morgan fingerprint density at radius 1 is 1.33 bits per heavy atom. The minimum absolute atomic E-state index is 0.168. The third kappa shape index (κ3) is 2.39. The lowest BCUT2D eigenvalue weighted by molar-refractivity contribution is 0.278. The molecule has 1 heterocycles. The summed E-state index contributed by atoms with van der Waals surface area (Å²) in [4.78, 5) is 0. The molecular formula is C13H19NO. The summed E-state index contributed by atoms with van der Waals surface area (Å²) in [5, 5.41) is 12.7. The standard InChI is InChI=1S/C13H19NO/c1-10-2-3-13(12(8-10)9-15)11-4-6-14-7-5-11/h2-3,8,11,14-15H,4-7,9H2,1H3. The van der Waals surface area contributed by atoms with E-state index in [1.165, 1.54) is 24.0 Å². The summed E-state index contributed by atoms with van der Waals surface area (Å²) in [6.45, 7) is 4.44. The third-order valence-corrected chi connectivity index (χ3v) is 3.25. The average molecular weight is 205 g/mol. The van der Waals surface area contributed by atoms with Gasteiger partial charge in [-0.3, -0.25) is 0 Å². The lowest BCUT2D eigenvalue weighted by atomic mass is 9.86. The van der Waals surface area contributed by atoms with E-state index in [4.69, 9.17) is 0 Å². The van der Waals surface area contributed by atoms with Gasteiger partial charge in [-0.2, -0.15) is 0 Å². The number of aliphatic hydroxyl groups excluding tert-OH is 1. The lowest BCUT2D eigenvalue weighted by Crippen LogP contribution is -2.27. The van der Waals surface area contributed by atoms with Crippen LogP contribution in [0.5, 0.6) is 0 Å². The lowest BCUT2D eigenvalue weighted by Gasteiger charge is -2.25. The number of hydrogen-bond donors (Lipinski definition) is 2. The zero-order valence-corrected chi connectivity index (χ0v) is 9.29. The fourth-order valence-corrected chi connectivity index (χ4v) is 2.40. The number of nitrogens with one attached hydrogen (secondary N) is 1. The van der Waals surface area contributed by atoms with Crippen LogP contribution in [0.1, 0.15) is 35.4 Å². The number of aliphatic hydroxyl groups is 1. The van der Waals surface area contributed by atoms with E-state index < -0.39 is 0 Å². The topological polar surface area (TPSA) is 32.3 Å². The Hall–Kier alpha value is -0.860. The molecule has 0 aromatic heterocycles. The van der Waals surface area contributed by atoms with E-state index in [-0.39, 0.29) is 6.61 Å². The molecule has 1 aromatic carbocycles. The molecule has 0 bridgehead atoms. The molecule has 1 saturated heterocycles. The van der Waals surface area contributed by atoms with Crippen molar-refractivity contribution in [1.82, 2.24) is 5.32 Å². The molecule has 2 rings (SSSR count). The largest absolute Gasteiger partial charge is 0.392 e. The molecule has 0 aliphatic carbocycles. The molecule has 0 saturated carbocycles. The number of hydrogen-bond acceptors (Lipinski definition) is 2. The molecule has 1 aliphatic rings. The minimum atomic E-state index is 0.168. The predicted octanol–water partition coefficient (Wildman–Crippen LogP) is 1.95. The Morgan fingerprint density at radius 2 is 2.07 bits per heavy atom. The SMILES string of the molecule is Cc1ccc(C2CCNCC2)c(CO)c1. The van der Waals surface area contributed by atoms with Gasteiger partial charge in [0.1, 0.15) is 0 Å². The molecule has 0 spiro atoms. The second-order valence-electron chi connectivity index (χ2n) is 4.38. The van der Waals surface area contributed by atoms with Gasteiger partial charge in [-0.15, -0.1) is 0 Å². The molecule has 1 fully saturated rings. The van der Waals surface area contributed by atoms with Gasteiger partial charge >= 0.3 is 0 Å². The van der Waals surface area contributed by atoms with Gasteiger partial charge in [-0.1, -0.05) is 23.8 Å². The molecule has 1 aromatic rings. The van der Waals surface area contributed by atoms with Crippen molar-refractivity contribution in [1.29, 1.82) is 0 Å². The summed E-state index contributed by atoms with van der Waals surface area (Å²) >= 11 is 0. The number of rotatable bonds is 2. The van der Waals surface area contributed by atoms with Crippen LogP contribution < -0.4 is 5.32 Å². The summed E-state index contributed by atoms with van der Waals surface area (Å²) in [6, 6.07) is 6.45. The van der Waals surface area contributed by atoms with E-state index in [2.05, 4.69) is 30.4 Å². The Balaban J connectivity index is 2.25. The van der Waals surface area contributed by atoms with E-state index in [0.29, 0.717) is 5.92 Å². The van der Waals surface area contributed by atoms with Crippen molar-refractivity contribution in [2.45, 2.75) is 32.3 Å². The summed E-state index contributed by atoms with van der Waals surface area (Å²) in [6.07, 6.45) is 2.38. The van der Waals surface area contributed by atoms with E-state index >= 15 is 0 Å². The number of benzene rings is 1. The molecule has 2 nitrogen and oxygen atoms in total. The highest BCUT2D eigenvalue weighted by atomic mass is 16.3. The van der Waals surface area contributed by atoms with Crippen molar-refractivity contribution in [2.75, 3.05) is 13.1 Å². The van der Waals surface area contributed by atoms with E-state index in [9.17, 15) is 5.11 Å². The quantitative estimate of drug-likeness (QED) is 0.773. The van der Waals surface area contributed by atoms with Crippen LogP contribution in [0.3, 0.4) is 0 Å². The van der Waals surface area contributed by atoms with Crippen molar-refractivity contribution >= 4 is 0 Å². The molecule has 15 heavy (non-hydrogen) atoms. The monoisotopic (exact) mass is 205 g/mol. The van der Waals surface area contributed by atoms with Crippen molar-refractivity contribution in [3.8, 4) is 0 Å². The average Bonchev–Trinajstić information content (AvgIpc) is 2.30. The van der Waals surface area contributed by atoms with Gasteiger partial charge in [-0.25, -0.2) is 0 Å². The number of piperidine rings is 1. The van der Waals surface area contributed by atoms with Crippen LogP contribution in [0.15, 0.2) is 18.2 Å². The van der Waals surface area contributed by atoms with Crippen molar-refractivity contribution in [2.24, 2.45) is 0 Å². The molecule has 2 N–H and O–H groups in total. The van der Waals surface area contributed by atoms with E-state index in [1.807, 2.05) is 0 Å². The van der Waals surface area contributed by atoms with E-state index in [0.717, 1.165) is 18.7 Å². The number of aryl methyl sites for hydroxylation is 1. The van der Waals surface area contributed by atoms with Crippen LogP contribution >= 0.6 is 0 Å². The first kappa shape index (κ1) is 10.7. The van der Waals surface area contributed by atoms with Gasteiger partial charge in [0.15, 0.2) is 0 Å². The van der Waals surface area contributed by atoms with Crippen LogP contribution in [0.25, 0.3) is 0 Å². The van der Waals surface area contributed by atoms with Gasteiger partial charge in [0, 0.05) is 0 Å². The van der Waals surface area contributed by atoms with Crippen LogP contribution in [0.4, 0.5) is 0 Å². The zero-order chi connectivity index (χ0) is 10.7. The summed E-state index contributed by atoms with van der Waals surface area (Å²) < 4.78 is 0. The van der Waals surface area contributed by atoms with Crippen LogP contribution in [-0.2, 0) is 6.61 Å². The molecule has 0 radical (unpaired) electrons. The predicted molar refractivity (Wildman–Crippen MR) is 61.9 cm³/mol. The second-order valence-corrected chi connectivity index (χ2v) is 4.38. The molecule has 82 valence electrons. The van der Waals surface area contributed by atoms with Crippen molar-refractivity contribution in [3.05, 3.63) is 34.9 Å². The highest BCUT2D eigenvalue weighted by Crippen LogP contribution is 2.28. The van der Waals surface area contributed by atoms with Crippen LogP contribution in [-0.4, -0.2) is 18.2 Å². The maximum Gasteiger partial charge on any atom is 0.0684 e. The van der Waals surface area contributed by atoms with Gasteiger partial charge in [0.25, 0.3) is 0 Å². The van der Waals surface area contributed by atoms with Crippen molar-refractivity contribution < 1.29 is 5.11 Å². The van der Waals surface area contributed by atoms with Gasteiger partial charge < -0.3 is 10.4 Å². The Kier molecular flexibility index (Phi) is 3.39. The molecular weight excluding hydrogens is 186 g/mol. The van der Waals surface area contributed by atoms with Gasteiger partial charge in [0.05, 0.1) is 6.61 Å². The molecule has 0 amide bonds. The maximum atomic E-state index is 9.36. The Labute approximate surface area is 91.3 Å². The van der Waals surface area contributed by atoms with Crippen LogP contribution in [0.2, 0.25) is 0 Å². The smallest absolute Gasteiger partial charge is 0.0684 e. The first-order valence-corrected chi connectivity index (χ1v) is 5.72. The molecule has 1 aliphatic heterocycles. The first-order chi connectivity index (χ1) is 7.31. The molecule has 0 unspecified atom stereocenters. The van der Waals surface area contributed by atoms with E-state index in [1.54, 1.807) is 0 Å². The fraction of sp³-hybridized carbons (Fsp3) is 0.538. The Morgan fingerprint density at radius 3 is 2.73 bits per heavy atom. The van der Waals surface area contributed by atoms with Gasteiger partial charge in [-0.05, 0) is 49.9 Å². The maximum absolute atomic E-state index is 9.36.